The lowest BCUT2D eigenvalue weighted by atomic mass is 10.2. The molecule has 0 radical (unpaired) electrons. The van der Waals surface area contributed by atoms with Gasteiger partial charge in [0.2, 0.25) is 6.04 Å². The van der Waals surface area contributed by atoms with Crippen LogP contribution in [0, 0.1) is 10.1 Å². The van der Waals surface area contributed by atoms with Gasteiger partial charge in [0.15, 0.2) is 6.61 Å². The molecule has 0 heterocycles. The minimum Gasteiger partial charge on any atom is -0.455 e. The number of carbonyl (C=O) groups excluding carboxylic acids is 3. The number of amides is 3. The molecule has 0 aromatic rings. The first-order chi connectivity index (χ1) is 8.36. The average Bonchev–Trinajstić information content (AvgIpc) is 2.25. The summed E-state index contributed by atoms with van der Waals surface area (Å²) >= 11 is 0. The number of hydrogen-bond acceptors (Lipinski definition) is 6. The zero-order valence-electron chi connectivity index (χ0n) is 9.62. The first-order valence-electron chi connectivity index (χ1n) is 4.95. The molecule has 0 rings (SSSR count). The second-order valence-corrected chi connectivity index (χ2v) is 3.16. The summed E-state index contributed by atoms with van der Waals surface area (Å²) in [5, 5.41) is 12.1. The Morgan fingerprint density at radius 2 is 2.06 bits per heavy atom. The number of primary amides is 1. The molecule has 0 spiro atoms. The number of imide groups is 1. The molecule has 0 fully saturated rings. The van der Waals surface area contributed by atoms with Crippen molar-refractivity contribution in [1.29, 1.82) is 0 Å². The summed E-state index contributed by atoms with van der Waals surface area (Å²) in [6, 6.07) is -2.04. The minimum absolute atomic E-state index is 0.214. The van der Waals surface area contributed by atoms with Crippen LogP contribution in [0.5, 0.6) is 0 Å². The first-order valence-corrected chi connectivity index (χ1v) is 4.95. The van der Waals surface area contributed by atoms with E-state index < -0.39 is 28.9 Å². The Hall–Kier alpha value is -2.45. The van der Waals surface area contributed by atoms with E-state index in [1.807, 2.05) is 0 Å². The van der Waals surface area contributed by atoms with Crippen molar-refractivity contribution >= 4 is 17.9 Å². The van der Waals surface area contributed by atoms with Gasteiger partial charge in [0.1, 0.15) is 0 Å². The van der Waals surface area contributed by atoms with Crippen molar-refractivity contribution in [2.75, 3.05) is 6.61 Å². The number of esters is 1. The highest BCUT2D eigenvalue weighted by atomic mass is 16.6. The zero-order valence-corrected chi connectivity index (χ0v) is 9.62. The number of ether oxygens (including phenoxy) is 1. The van der Waals surface area contributed by atoms with Crippen molar-refractivity contribution in [3.8, 4) is 0 Å². The Morgan fingerprint density at radius 3 is 2.50 bits per heavy atom. The quantitative estimate of drug-likeness (QED) is 0.280. The number of nitrogens with zero attached hydrogens (tertiary/aromatic N) is 1. The van der Waals surface area contributed by atoms with Gasteiger partial charge in [-0.2, -0.15) is 0 Å². The molecule has 18 heavy (non-hydrogen) atoms. The van der Waals surface area contributed by atoms with Crippen LogP contribution in [0.4, 0.5) is 4.79 Å². The van der Waals surface area contributed by atoms with E-state index in [0.717, 1.165) is 12.2 Å². The van der Waals surface area contributed by atoms with Crippen LogP contribution in [0.15, 0.2) is 12.2 Å². The lowest BCUT2D eigenvalue weighted by Crippen LogP contribution is -2.33. The fourth-order valence-corrected chi connectivity index (χ4v) is 0.861. The molecule has 3 amide bonds. The van der Waals surface area contributed by atoms with Crippen LogP contribution in [0.1, 0.15) is 13.3 Å². The third-order valence-corrected chi connectivity index (χ3v) is 1.80. The number of rotatable bonds is 6. The molecule has 0 saturated carbocycles. The number of nitrogens with two attached hydrogens (primary N) is 1. The lowest BCUT2D eigenvalue weighted by Gasteiger charge is -2.06. The molecule has 0 bridgehead atoms. The van der Waals surface area contributed by atoms with Crippen LogP contribution >= 0.6 is 0 Å². The molecule has 0 saturated heterocycles. The fraction of sp³-hybridized carbons (Fsp3) is 0.444. The molecule has 3 N–H and O–H groups in total. The summed E-state index contributed by atoms with van der Waals surface area (Å²) in [6.07, 6.45) is 1.69. The third-order valence-electron chi connectivity index (χ3n) is 1.80. The lowest BCUT2D eigenvalue weighted by molar-refractivity contribution is -0.525. The highest BCUT2D eigenvalue weighted by Gasteiger charge is 2.18. The highest BCUT2D eigenvalue weighted by Crippen LogP contribution is 1.97. The molecule has 1 atom stereocenters. The molecule has 100 valence electrons. The highest BCUT2D eigenvalue weighted by molar-refractivity contribution is 6.02. The predicted molar refractivity (Wildman–Crippen MR) is 58.9 cm³/mol. The van der Waals surface area contributed by atoms with Gasteiger partial charge < -0.3 is 10.5 Å². The van der Waals surface area contributed by atoms with Crippen LogP contribution in [-0.4, -0.2) is 35.5 Å². The van der Waals surface area contributed by atoms with E-state index in [9.17, 15) is 24.5 Å². The van der Waals surface area contributed by atoms with Gasteiger partial charge in [0.05, 0.1) is 0 Å². The molecule has 0 aliphatic heterocycles. The Labute approximate surface area is 102 Å². The number of nitrogens with one attached hydrogen (secondary N) is 1. The van der Waals surface area contributed by atoms with E-state index in [1.165, 1.54) is 0 Å². The van der Waals surface area contributed by atoms with Gasteiger partial charge in [0, 0.05) is 23.5 Å². The average molecular weight is 259 g/mol. The van der Waals surface area contributed by atoms with Gasteiger partial charge in [-0.05, 0) is 0 Å². The summed E-state index contributed by atoms with van der Waals surface area (Å²) in [6.45, 7) is 1.20. The van der Waals surface area contributed by atoms with Gasteiger partial charge in [-0.25, -0.2) is 9.59 Å². The van der Waals surface area contributed by atoms with E-state index in [1.54, 1.807) is 12.2 Å². The third kappa shape index (κ3) is 6.93. The van der Waals surface area contributed by atoms with E-state index >= 15 is 0 Å². The molecule has 0 unspecified atom stereocenters. The molecule has 0 aromatic heterocycles. The van der Waals surface area contributed by atoms with Crippen molar-refractivity contribution in [3.05, 3.63) is 22.3 Å². The Morgan fingerprint density at radius 1 is 1.44 bits per heavy atom. The Bertz CT molecular complexity index is 378. The molecule has 0 aliphatic rings. The van der Waals surface area contributed by atoms with Gasteiger partial charge in [-0.15, -0.1) is 0 Å². The normalized spacial score (nSPS) is 11.8. The maximum atomic E-state index is 11.0. The van der Waals surface area contributed by atoms with Crippen LogP contribution in [0.25, 0.3) is 0 Å². The van der Waals surface area contributed by atoms with E-state index in [0.29, 0.717) is 0 Å². The maximum Gasteiger partial charge on any atom is 0.331 e. The predicted octanol–water partition coefficient (Wildman–Crippen LogP) is -0.664. The Kier molecular flexibility index (Phi) is 6.71. The smallest absolute Gasteiger partial charge is 0.331 e. The Balaban J connectivity index is 4.11. The van der Waals surface area contributed by atoms with Crippen molar-refractivity contribution < 1.29 is 24.0 Å². The van der Waals surface area contributed by atoms with Gasteiger partial charge in [-0.3, -0.25) is 20.2 Å². The van der Waals surface area contributed by atoms with Crippen LogP contribution < -0.4 is 11.1 Å². The van der Waals surface area contributed by atoms with Crippen LogP contribution in [0.2, 0.25) is 0 Å². The summed E-state index contributed by atoms with van der Waals surface area (Å²) < 4.78 is 4.55. The summed E-state index contributed by atoms with van der Waals surface area (Å²) in [7, 11) is 0. The van der Waals surface area contributed by atoms with Gasteiger partial charge in [0.25, 0.3) is 5.91 Å². The van der Waals surface area contributed by atoms with Crippen molar-refractivity contribution in [1.82, 2.24) is 5.32 Å². The minimum atomic E-state index is -1.06. The summed E-state index contributed by atoms with van der Waals surface area (Å²) in [5.74, 6) is -1.81. The molecular formula is C9H13N3O6. The molecule has 0 aliphatic carbocycles. The van der Waals surface area contributed by atoms with Crippen molar-refractivity contribution in [2.24, 2.45) is 5.73 Å². The molecule has 9 heteroatoms. The zero-order chi connectivity index (χ0) is 14.1. The standard InChI is InChI=1S/C9H13N3O6/c1-2-6(12(16)17)5-18-8(14)4-3-7(13)11-9(10)15/h3-4,6H,2,5H2,1H3,(H3,10,11,13,15)/b4-3+/t6-/m0/s1. The second-order valence-electron chi connectivity index (χ2n) is 3.16. The van der Waals surface area contributed by atoms with E-state index in [4.69, 9.17) is 0 Å². The number of nitro groups is 1. The first kappa shape index (κ1) is 15.5. The second kappa shape index (κ2) is 7.76. The molecule has 9 nitrogen and oxygen atoms in total. The number of hydrogen-bond donors (Lipinski definition) is 2. The topological polar surface area (TPSA) is 142 Å². The van der Waals surface area contributed by atoms with Crippen LogP contribution in [-0.2, 0) is 14.3 Å². The summed E-state index contributed by atoms with van der Waals surface area (Å²) in [5.41, 5.74) is 4.65. The monoisotopic (exact) mass is 259 g/mol. The van der Waals surface area contributed by atoms with E-state index in [2.05, 4.69) is 10.5 Å². The number of carbonyl (C=O) groups is 3. The van der Waals surface area contributed by atoms with E-state index in [-0.39, 0.29) is 13.0 Å². The number of urea groups is 1. The molecular weight excluding hydrogens is 246 g/mol. The van der Waals surface area contributed by atoms with Crippen molar-refractivity contribution in [2.45, 2.75) is 19.4 Å². The van der Waals surface area contributed by atoms with Gasteiger partial charge >= 0.3 is 12.0 Å². The maximum absolute atomic E-state index is 11.0. The van der Waals surface area contributed by atoms with Crippen LogP contribution in [0.3, 0.4) is 0 Å². The van der Waals surface area contributed by atoms with Gasteiger partial charge in [-0.1, -0.05) is 6.92 Å². The van der Waals surface area contributed by atoms with Crippen molar-refractivity contribution in [3.63, 3.8) is 0 Å². The fourth-order valence-electron chi connectivity index (χ4n) is 0.861. The largest absolute Gasteiger partial charge is 0.455 e. The molecule has 0 aromatic carbocycles. The summed E-state index contributed by atoms with van der Waals surface area (Å²) in [4.78, 5) is 42.0. The SMILES string of the molecule is CC[C@@H](COC(=O)/C=C/C(=O)NC(N)=O)[N+](=O)[O-].